The first-order valence-corrected chi connectivity index (χ1v) is 6.10. The van der Waals surface area contributed by atoms with Crippen LogP contribution in [0.5, 0.6) is 0 Å². The lowest BCUT2D eigenvalue weighted by molar-refractivity contribution is 0.00705. The van der Waals surface area contributed by atoms with Gasteiger partial charge in [-0.15, -0.1) is 0 Å². The van der Waals surface area contributed by atoms with Gasteiger partial charge in [-0.05, 0) is 26.8 Å². The van der Waals surface area contributed by atoms with Gasteiger partial charge in [-0.25, -0.2) is 4.98 Å². The monoisotopic (exact) mass is 240 g/mol. The predicted molar refractivity (Wildman–Crippen MR) is 67.9 cm³/mol. The maximum absolute atomic E-state index is 5.48. The zero-order chi connectivity index (χ0) is 12.9. The first-order chi connectivity index (χ1) is 7.98. The van der Waals surface area contributed by atoms with Gasteiger partial charge in [0.15, 0.2) is 0 Å². The lowest BCUT2D eigenvalue weighted by atomic mass is 9.96. The van der Waals surface area contributed by atoms with Gasteiger partial charge in [0.1, 0.15) is 12.2 Å². The highest BCUT2D eigenvalue weighted by Crippen LogP contribution is 2.17. The molecule has 1 heterocycles. The van der Waals surface area contributed by atoms with Gasteiger partial charge in [-0.2, -0.15) is 5.10 Å². The van der Waals surface area contributed by atoms with Crippen molar-refractivity contribution in [2.45, 2.75) is 45.3 Å². The fraction of sp³-hybridized carbons (Fsp3) is 0.833. The van der Waals surface area contributed by atoms with Crippen molar-refractivity contribution in [2.24, 2.45) is 7.05 Å². The van der Waals surface area contributed by atoms with Gasteiger partial charge in [0.25, 0.3) is 0 Å². The minimum atomic E-state index is -0.120. The third-order valence-electron chi connectivity index (χ3n) is 3.02. The van der Waals surface area contributed by atoms with E-state index in [9.17, 15) is 0 Å². The van der Waals surface area contributed by atoms with Crippen molar-refractivity contribution in [1.82, 2.24) is 20.1 Å². The van der Waals surface area contributed by atoms with Crippen LogP contribution in [0.25, 0.3) is 0 Å². The zero-order valence-corrected chi connectivity index (χ0v) is 11.5. The van der Waals surface area contributed by atoms with Crippen molar-refractivity contribution in [2.75, 3.05) is 13.7 Å². The fourth-order valence-electron chi connectivity index (χ4n) is 1.91. The largest absolute Gasteiger partial charge is 0.379 e. The van der Waals surface area contributed by atoms with Gasteiger partial charge in [0, 0.05) is 26.6 Å². The van der Waals surface area contributed by atoms with Gasteiger partial charge in [-0.1, -0.05) is 6.92 Å². The summed E-state index contributed by atoms with van der Waals surface area (Å²) in [6, 6.07) is 0.359. The topological polar surface area (TPSA) is 52.0 Å². The van der Waals surface area contributed by atoms with Crippen LogP contribution in [0.4, 0.5) is 0 Å². The molecule has 1 aromatic rings. The molecule has 0 aliphatic heterocycles. The average Bonchev–Trinajstić information content (AvgIpc) is 2.64. The molecule has 1 aromatic heterocycles. The van der Waals surface area contributed by atoms with E-state index in [0.29, 0.717) is 6.04 Å². The van der Waals surface area contributed by atoms with E-state index in [1.54, 1.807) is 13.4 Å². The second kappa shape index (κ2) is 6.12. The third-order valence-corrected chi connectivity index (χ3v) is 3.02. The Bertz CT molecular complexity index is 335. The van der Waals surface area contributed by atoms with Crippen LogP contribution in [0.3, 0.4) is 0 Å². The van der Waals surface area contributed by atoms with E-state index in [4.69, 9.17) is 4.74 Å². The Morgan fingerprint density at radius 1 is 1.53 bits per heavy atom. The molecule has 0 fully saturated rings. The standard InChI is InChI=1S/C12H24N4O/c1-6-13-10(8-12(2,3)17-5)7-11-14-9-15-16(11)4/h9-10,13H,6-8H2,1-5H3. The van der Waals surface area contributed by atoms with E-state index in [-0.39, 0.29) is 5.60 Å². The summed E-state index contributed by atoms with van der Waals surface area (Å²) in [7, 11) is 3.68. The molecule has 0 saturated carbocycles. The summed E-state index contributed by atoms with van der Waals surface area (Å²) in [5, 5.41) is 7.57. The Morgan fingerprint density at radius 3 is 2.71 bits per heavy atom. The molecule has 0 bridgehead atoms. The Hall–Kier alpha value is -0.940. The first-order valence-electron chi connectivity index (χ1n) is 6.10. The predicted octanol–water partition coefficient (Wildman–Crippen LogP) is 1.15. The van der Waals surface area contributed by atoms with Crippen LogP contribution >= 0.6 is 0 Å². The molecule has 0 amide bonds. The molecule has 17 heavy (non-hydrogen) atoms. The number of nitrogens with zero attached hydrogens (tertiary/aromatic N) is 3. The molecule has 0 saturated heterocycles. The summed E-state index contributed by atoms with van der Waals surface area (Å²) in [4.78, 5) is 4.26. The van der Waals surface area contributed by atoms with Gasteiger partial charge >= 0.3 is 0 Å². The van der Waals surface area contributed by atoms with Crippen LogP contribution in [0.2, 0.25) is 0 Å². The van der Waals surface area contributed by atoms with Crippen LogP contribution < -0.4 is 5.32 Å². The average molecular weight is 240 g/mol. The SMILES string of the molecule is CCNC(Cc1ncnn1C)CC(C)(C)OC. The Balaban J connectivity index is 2.63. The number of hydrogen-bond donors (Lipinski definition) is 1. The summed E-state index contributed by atoms with van der Waals surface area (Å²) in [5.74, 6) is 1.00. The Labute approximate surface area is 104 Å². The van der Waals surface area contributed by atoms with E-state index in [2.05, 4.69) is 36.2 Å². The molecular formula is C12H24N4O. The molecule has 0 aliphatic rings. The van der Waals surface area contributed by atoms with Gasteiger partial charge in [0.05, 0.1) is 5.60 Å². The normalized spacial score (nSPS) is 13.9. The zero-order valence-electron chi connectivity index (χ0n) is 11.5. The van der Waals surface area contributed by atoms with Gasteiger partial charge in [-0.3, -0.25) is 4.68 Å². The molecule has 0 spiro atoms. The van der Waals surface area contributed by atoms with Crippen LogP contribution in [0.1, 0.15) is 33.0 Å². The molecule has 0 aromatic carbocycles. The summed E-state index contributed by atoms with van der Waals surface area (Å²) in [6.45, 7) is 7.27. The Morgan fingerprint density at radius 2 is 2.24 bits per heavy atom. The molecule has 1 N–H and O–H groups in total. The van der Waals surface area contributed by atoms with Crippen LogP contribution in [0.15, 0.2) is 6.33 Å². The fourth-order valence-corrected chi connectivity index (χ4v) is 1.91. The highest BCUT2D eigenvalue weighted by atomic mass is 16.5. The van der Waals surface area contributed by atoms with Crippen molar-refractivity contribution in [3.8, 4) is 0 Å². The molecule has 0 radical (unpaired) electrons. The summed E-state index contributed by atoms with van der Waals surface area (Å²) >= 11 is 0. The van der Waals surface area contributed by atoms with E-state index in [1.807, 2.05) is 11.7 Å². The minimum absolute atomic E-state index is 0.120. The van der Waals surface area contributed by atoms with Gasteiger partial charge < -0.3 is 10.1 Å². The number of rotatable bonds is 7. The molecule has 0 aliphatic carbocycles. The highest BCUT2D eigenvalue weighted by Gasteiger charge is 2.23. The second-order valence-electron chi connectivity index (χ2n) is 4.93. The highest BCUT2D eigenvalue weighted by molar-refractivity contribution is 4.91. The summed E-state index contributed by atoms with van der Waals surface area (Å²) in [5.41, 5.74) is -0.120. The number of nitrogens with one attached hydrogen (secondary N) is 1. The van der Waals surface area contributed by atoms with E-state index < -0.39 is 0 Å². The van der Waals surface area contributed by atoms with Crippen LogP contribution in [-0.4, -0.2) is 40.1 Å². The lowest BCUT2D eigenvalue weighted by Crippen LogP contribution is -2.39. The Kier molecular flexibility index (Phi) is 5.08. The molecule has 5 heteroatoms. The first kappa shape index (κ1) is 14.1. The number of aromatic nitrogens is 3. The lowest BCUT2D eigenvalue weighted by Gasteiger charge is -2.28. The molecule has 1 unspecified atom stereocenters. The van der Waals surface area contributed by atoms with Crippen molar-refractivity contribution in [1.29, 1.82) is 0 Å². The maximum Gasteiger partial charge on any atom is 0.138 e. The van der Waals surface area contributed by atoms with Crippen LogP contribution in [0, 0.1) is 0 Å². The van der Waals surface area contributed by atoms with E-state index in [1.165, 1.54) is 0 Å². The van der Waals surface area contributed by atoms with Crippen molar-refractivity contribution < 1.29 is 4.74 Å². The smallest absolute Gasteiger partial charge is 0.138 e. The quantitative estimate of drug-likeness (QED) is 0.777. The van der Waals surface area contributed by atoms with Crippen molar-refractivity contribution >= 4 is 0 Å². The third kappa shape index (κ3) is 4.44. The van der Waals surface area contributed by atoms with Crippen molar-refractivity contribution in [3.05, 3.63) is 12.2 Å². The number of ether oxygens (including phenoxy) is 1. The molecule has 1 rings (SSSR count). The van der Waals surface area contributed by atoms with Crippen LogP contribution in [-0.2, 0) is 18.2 Å². The summed E-state index contributed by atoms with van der Waals surface area (Å²) < 4.78 is 7.30. The van der Waals surface area contributed by atoms with Crippen molar-refractivity contribution in [3.63, 3.8) is 0 Å². The van der Waals surface area contributed by atoms with E-state index >= 15 is 0 Å². The molecule has 98 valence electrons. The maximum atomic E-state index is 5.48. The summed E-state index contributed by atoms with van der Waals surface area (Å²) in [6.07, 6.45) is 3.42. The molecule has 1 atom stereocenters. The number of hydrogen-bond acceptors (Lipinski definition) is 4. The molecule has 5 nitrogen and oxygen atoms in total. The van der Waals surface area contributed by atoms with Gasteiger partial charge in [0.2, 0.25) is 0 Å². The van der Waals surface area contributed by atoms with E-state index in [0.717, 1.165) is 25.2 Å². The number of likely N-dealkylation sites (N-methyl/N-ethyl adjacent to an activating group) is 1. The minimum Gasteiger partial charge on any atom is -0.379 e. The number of aryl methyl sites for hydroxylation is 1. The number of methoxy groups -OCH3 is 1. The second-order valence-corrected chi connectivity index (χ2v) is 4.93. The molecular weight excluding hydrogens is 216 g/mol.